The fourth-order valence-electron chi connectivity index (χ4n) is 3.56. The molecule has 3 N–H and O–H groups in total. The molecular weight excluding hydrogens is 432 g/mol. The van der Waals surface area contributed by atoms with Gasteiger partial charge in [-0.15, -0.1) is 11.3 Å². The first-order valence-electron chi connectivity index (χ1n) is 10.5. The Morgan fingerprint density at radius 1 is 1.06 bits per heavy atom. The Kier molecular flexibility index (Phi) is 10.3. The van der Waals surface area contributed by atoms with Crippen LogP contribution >= 0.6 is 11.3 Å². The smallest absolute Gasteiger partial charge is 0.414 e. The largest absolute Gasteiger partial charge is 0.473 e. The molecule has 1 aliphatic rings. The number of aliphatic hydroxyl groups excluding tert-OH is 1. The molecule has 1 aromatic heterocycles. The Bertz CT molecular complexity index is 866. The van der Waals surface area contributed by atoms with Crippen molar-refractivity contribution < 1.29 is 29.7 Å². The lowest BCUT2D eigenvalue weighted by atomic mass is 9.95. The second-order valence-electron chi connectivity index (χ2n) is 7.66. The van der Waals surface area contributed by atoms with Gasteiger partial charge in [-0.3, -0.25) is 9.69 Å². The fourth-order valence-corrected chi connectivity index (χ4v) is 4.50. The maximum atomic E-state index is 13.0. The van der Waals surface area contributed by atoms with Crippen LogP contribution in [0, 0.1) is 12.8 Å². The highest BCUT2D eigenvalue weighted by Gasteiger charge is 2.28. The molecule has 1 saturated heterocycles. The monoisotopic (exact) mass is 462 g/mol. The van der Waals surface area contributed by atoms with E-state index in [1.165, 1.54) is 10.4 Å². The molecule has 0 saturated carbocycles. The van der Waals surface area contributed by atoms with Gasteiger partial charge in [0.25, 0.3) is 0 Å². The molecule has 9 heteroatoms. The molecule has 0 unspecified atom stereocenters. The lowest BCUT2D eigenvalue weighted by Crippen LogP contribution is -2.43. The normalized spacial score (nSPS) is 14.3. The number of aliphatic hydroxyl groups is 1. The summed E-state index contributed by atoms with van der Waals surface area (Å²) >= 11 is 1.82. The molecule has 2 heterocycles. The number of amides is 1. The van der Waals surface area contributed by atoms with Crippen LogP contribution in [0.25, 0.3) is 0 Å². The zero-order valence-electron chi connectivity index (χ0n) is 18.1. The standard InChI is InChI=1S/C21H28N2O2S.C2H2O4/c1-17-9-14-26-20(17)16-22-10-7-19(8-11-22)21(25)23(12-13-24)15-18-5-3-2-4-6-18;3-1(4)2(5)6/h2-6,9,14,19,24H,7-8,10-13,15-16H2,1H3;(H,3,4)(H,5,6). The van der Waals surface area contributed by atoms with Crippen molar-refractivity contribution in [2.24, 2.45) is 5.92 Å². The molecule has 0 radical (unpaired) electrons. The second-order valence-corrected chi connectivity index (χ2v) is 8.66. The van der Waals surface area contributed by atoms with E-state index in [2.05, 4.69) is 23.3 Å². The van der Waals surface area contributed by atoms with Crippen molar-refractivity contribution in [3.63, 3.8) is 0 Å². The summed E-state index contributed by atoms with van der Waals surface area (Å²) in [6.45, 7) is 6.08. The first kappa shape index (κ1) is 25.5. The Balaban J connectivity index is 0.000000534. The van der Waals surface area contributed by atoms with Gasteiger partial charge in [-0.05, 0) is 55.4 Å². The number of nitrogens with zero attached hydrogens (tertiary/aromatic N) is 2. The summed E-state index contributed by atoms with van der Waals surface area (Å²) < 4.78 is 0. The average Bonchev–Trinajstić information content (AvgIpc) is 3.19. The molecule has 1 aromatic carbocycles. The highest BCUT2D eigenvalue weighted by Crippen LogP contribution is 2.24. The molecule has 8 nitrogen and oxygen atoms in total. The number of benzene rings is 1. The van der Waals surface area contributed by atoms with E-state index in [0.717, 1.165) is 38.0 Å². The van der Waals surface area contributed by atoms with Gasteiger partial charge in [0, 0.05) is 30.4 Å². The molecular formula is C23H30N2O6S. The van der Waals surface area contributed by atoms with Crippen LogP contribution in [-0.4, -0.2) is 69.2 Å². The van der Waals surface area contributed by atoms with E-state index in [1.54, 1.807) is 0 Å². The van der Waals surface area contributed by atoms with E-state index in [0.29, 0.717) is 13.1 Å². The topological polar surface area (TPSA) is 118 Å². The number of aliphatic carboxylic acids is 2. The average molecular weight is 463 g/mol. The van der Waals surface area contributed by atoms with E-state index < -0.39 is 11.9 Å². The number of aryl methyl sites for hydroxylation is 1. The van der Waals surface area contributed by atoms with E-state index >= 15 is 0 Å². The lowest BCUT2D eigenvalue weighted by Gasteiger charge is -2.34. The van der Waals surface area contributed by atoms with Crippen LogP contribution in [0.2, 0.25) is 0 Å². The van der Waals surface area contributed by atoms with Crippen LogP contribution in [0.4, 0.5) is 0 Å². The van der Waals surface area contributed by atoms with E-state index in [1.807, 2.05) is 46.6 Å². The predicted molar refractivity (Wildman–Crippen MR) is 121 cm³/mol. The minimum Gasteiger partial charge on any atom is -0.473 e. The molecule has 32 heavy (non-hydrogen) atoms. The molecule has 1 aliphatic heterocycles. The van der Waals surface area contributed by atoms with Gasteiger partial charge in [-0.1, -0.05) is 30.3 Å². The van der Waals surface area contributed by atoms with Gasteiger partial charge in [-0.2, -0.15) is 0 Å². The van der Waals surface area contributed by atoms with Crippen molar-refractivity contribution in [1.82, 2.24) is 9.80 Å². The first-order valence-corrected chi connectivity index (χ1v) is 11.3. The van der Waals surface area contributed by atoms with Crippen molar-refractivity contribution in [2.45, 2.75) is 32.9 Å². The van der Waals surface area contributed by atoms with Gasteiger partial charge in [0.1, 0.15) is 0 Å². The maximum Gasteiger partial charge on any atom is 0.414 e. The van der Waals surface area contributed by atoms with E-state index in [4.69, 9.17) is 19.8 Å². The summed E-state index contributed by atoms with van der Waals surface area (Å²) in [6, 6.07) is 12.2. The van der Waals surface area contributed by atoms with Crippen molar-refractivity contribution in [2.75, 3.05) is 26.2 Å². The third-order valence-corrected chi connectivity index (χ3v) is 6.36. The van der Waals surface area contributed by atoms with E-state index in [9.17, 15) is 9.90 Å². The fraction of sp³-hybridized carbons (Fsp3) is 0.435. The summed E-state index contributed by atoms with van der Waals surface area (Å²) in [5.74, 6) is -3.38. The summed E-state index contributed by atoms with van der Waals surface area (Å²) in [7, 11) is 0. The number of piperidine rings is 1. The van der Waals surface area contributed by atoms with Crippen molar-refractivity contribution in [3.05, 3.63) is 57.8 Å². The zero-order chi connectivity index (χ0) is 23.5. The molecule has 0 atom stereocenters. The predicted octanol–water partition coefficient (Wildman–Crippen LogP) is 2.45. The number of carbonyl (C=O) groups is 3. The number of carboxylic acids is 2. The van der Waals surface area contributed by atoms with Gasteiger partial charge >= 0.3 is 11.9 Å². The molecule has 174 valence electrons. The van der Waals surface area contributed by atoms with Crippen LogP contribution in [0.3, 0.4) is 0 Å². The summed E-state index contributed by atoms with van der Waals surface area (Å²) in [4.78, 5) is 36.9. The molecule has 2 aromatic rings. The van der Waals surface area contributed by atoms with Gasteiger partial charge in [0.05, 0.1) is 6.61 Å². The summed E-state index contributed by atoms with van der Waals surface area (Å²) in [6.07, 6.45) is 1.81. The Morgan fingerprint density at radius 3 is 2.19 bits per heavy atom. The van der Waals surface area contributed by atoms with Gasteiger partial charge in [0.15, 0.2) is 0 Å². The Labute approximate surface area is 191 Å². The quantitative estimate of drug-likeness (QED) is 0.541. The van der Waals surface area contributed by atoms with E-state index in [-0.39, 0.29) is 18.4 Å². The zero-order valence-corrected chi connectivity index (χ0v) is 19.0. The Morgan fingerprint density at radius 2 is 1.69 bits per heavy atom. The van der Waals surface area contributed by atoms with Crippen molar-refractivity contribution in [3.8, 4) is 0 Å². The lowest BCUT2D eigenvalue weighted by molar-refractivity contribution is -0.159. The molecule has 0 aliphatic carbocycles. The SMILES string of the molecule is Cc1ccsc1CN1CCC(C(=O)N(CCO)Cc2ccccc2)CC1.O=C(O)C(=O)O. The van der Waals surface area contributed by atoms with Crippen molar-refractivity contribution in [1.29, 1.82) is 0 Å². The minimum absolute atomic E-state index is 0.00900. The number of thiophene rings is 1. The molecule has 0 bridgehead atoms. The minimum atomic E-state index is -1.82. The molecule has 1 amide bonds. The third-order valence-electron chi connectivity index (χ3n) is 5.35. The number of carbonyl (C=O) groups excluding carboxylic acids is 1. The number of likely N-dealkylation sites (tertiary alicyclic amines) is 1. The molecule has 0 spiro atoms. The van der Waals surface area contributed by atoms with Crippen LogP contribution in [0.1, 0.15) is 28.8 Å². The number of carboxylic acid groups (broad SMARTS) is 2. The van der Waals surface area contributed by atoms with Crippen LogP contribution < -0.4 is 0 Å². The first-order chi connectivity index (χ1) is 15.3. The summed E-state index contributed by atoms with van der Waals surface area (Å²) in [5.41, 5.74) is 2.48. The third kappa shape index (κ3) is 8.07. The number of rotatable bonds is 7. The Hall–Kier alpha value is -2.75. The highest BCUT2D eigenvalue weighted by atomic mass is 32.1. The van der Waals surface area contributed by atoms with Gasteiger partial charge < -0.3 is 20.2 Å². The van der Waals surface area contributed by atoms with Crippen molar-refractivity contribution >= 4 is 29.2 Å². The maximum absolute atomic E-state index is 13.0. The number of hydrogen-bond donors (Lipinski definition) is 3. The number of hydrogen-bond acceptors (Lipinski definition) is 6. The summed E-state index contributed by atoms with van der Waals surface area (Å²) in [5, 5.41) is 26.3. The van der Waals surface area contributed by atoms with Gasteiger partial charge in [-0.25, -0.2) is 9.59 Å². The van der Waals surface area contributed by atoms with Crippen LogP contribution in [0.5, 0.6) is 0 Å². The molecule has 1 fully saturated rings. The van der Waals surface area contributed by atoms with Crippen LogP contribution in [-0.2, 0) is 27.5 Å². The molecule has 3 rings (SSSR count). The highest BCUT2D eigenvalue weighted by molar-refractivity contribution is 7.10. The van der Waals surface area contributed by atoms with Gasteiger partial charge in [0.2, 0.25) is 5.91 Å². The van der Waals surface area contributed by atoms with Crippen LogP contribution in [0.15, 0.2) is 41.8 Å². The second kappa shape index (κ2) is 12.9.